The fraction of sp³-hybridized carbons (Fsp3) is 0.286. The summed E-state index contributed by atoms with van der Waals surface area (Å²) in [4.78, 5) is 20.2. The number of hydrogen-bond acceptors (Lipinski definition) is 6. The first-order chi connectivity index (χ1) is 13.8. The Balaban J connectivity index is 1.41. The minimum atomic E-state index is 0.819. The molecular formula is C21H22N6S. The summed E-state index contributed by atoms with van der Waals surface area (Å²) in [5.41, 5.74) is 1.01. The van der Waals surface area contributed by atoms with Crippen molar-refractivity contribution in [2.24, 2.45) is 7.05 Å². The van der Waals surface area contributed by atoms with E-state index in [1.807, 2.05) is 18.5 Å². The van der Waals surface area contributed by atoms with Crippen molar-refractivity contribution in [2.75, 3.05) is 31.1 Å². The standard InChI is InChI=1S/C21H22N6S/c1-25-9-8-22-19(25)15-26-10-12-27(13-11-26)21-16-5-2-3-6-17(16)23-20(24-21)18-7-4-14-28-18/h2-9,14H,10-13,15H2,1H3. The molecule has 0 spiro atoms. The topological polar surface area (TPSA) is 50.1 Å². The molecule has 5 rings (SSSR count). The molecule has 0 radical (unpaired) electrons. The van der Waals surface area contributed by atoms with E-state index in [0.717, 1.165) is 66.0 Å². The quantitative estimate of drug-likeness (QED) is 0.534. The van der Waals surface area contributed by atoms with Gasteiger partial charge in [-0.1, -0.05) is 18.2 Å². The van der Waals surface area contributed by atoms with Crippen molar-refractivity contribution in [1.82, 2.24) is 24.4 Å². The summed E-state index contributed by atoms with van der Waals surface area (Å²) < 4.78 is 2.09. The van der Waals surface area contributed by atoms with Gasteiger partial charge in [-0.3, -0.25) is 4.90 Å². The van der Waals surface area contributed by atoms with Gasteiger partial charge in [-0.15, -0.1) is 11.3 Å². The molecule has 142 valence electrons. The molecule has 4 heterocycles. The van der Waals surface area contributed by atoms with Gasteiger partial charge in [0.1, 0.15) is 11.6 Å². The fourth-order valence-electron chi connectivity index (χ4n) is 3.68. The minimum absolute atomic E-state index is 0.819. The van der Waals surface area contributed by atoms with Gasteiger partial charge < -0.3 is 9.47 Å². The molecule has 0 N–H and O–H groups in total. The van der Waals surface area contributed by atoms with E-state index in [1.54, 1.807) is 11.3 Å². The zero-order chi connectivity index (χ0) is 18.9. The Morgan fingerprint density at radius 3 is 2.61 bits per heavy atom. The Bertz CT molecular complexity index is 1080. The van der Waals surface area contributed by atoms with Crippen LogP contribution in [0.3, 0.4) is 0 Å². The molecule has 1 aliphatic heterocycles. The van der Waals surface area contributed by atoms with Gasteiger partial charge in [-0.25, -0.2) is 15.0 Å². The molecule has 1 aliphatic rings. The number of hydrogen-bond donors (Lipinski definition) is 0. The molecule has 3 aromatic heterocycles. The molecule has 6 nitrogen and oxygen atoms in total. The molecule has 28 heavy (non-hydrogen) atoms. The van der Waals surface area contributed by atoms with E-state index in [-0.39, 0.29) is 0 Å². The van der Waals surface area contributed by atoms with E-state index < -0.39 is 0 Å². The van der Waals surface area contributed by atoms with Crippen LogP contribution < -0.4 is 4.90 Å². The number of thiophene rings is 1. The van der Waals surface area contributed by atoms with Crippen molar-refractivity contribution >= 4 is 28.1 Å². The number of rotatable bonds is 4. The average Bonchev–Trinajstić information content (AvgIpc) is 3.40. The van der Waals surface area contributed by atoms with Crippen LogP contribution in [0.4, 0.5) is 5.82 Å². The Morgan fingerprint density at radius 1 is 1.00 bits per heavy atom. The summed E-state index contributed by atoms with van der Waals surface area (Å²) in [5, 5.41) is 3.20. The number of piperazine rings is 1. The summed E-state index contributed by atoms with van der Waals surface area (Å²) in [5.74, 6) is 2.98. The average molecular weight is 391 g/mol. The molecule has 0 atom stereocenters. The van der Waals surface area contributed by atoms with Gasteiger partial charge in [0, 0.05) is 51.0 Å². The third-order valence-corrected chi connectivity index (χ3v) is 6.15. The summed E-state index contributed by atoms with van der Waals surface area (Å²) in [6.07, 6.45) is 3.87. The van der Waals surface area contributed by atoms with Crippen LogP contribution in [0.1, 0.15) is 5.82 Å². The van der Waals surface area contributed by atoms with Crippen LogP contribution in [-0.4, -0.2) is 50.6 Å². The van der Waals surface area contributed by atoms with E-state index in [1.165, 1.54) is 0 Å². The SMILES string of the molecule is Cn1ccnc1CN1CCN(c2nc(-c3cccs3)nc3ccccc23)CC1. The van der Waals surface area contributed by atoms with Crippen molar-refractivity contribution in [2.45, 2.75) is 6.54 Å². The number of benzene rings is 1. The lowest BCUT2D eigenvalue weighted by Gasteiger charge is -2.35. The summed E-state index contributed by atoms with van der Waals surface area (Å²) in [7, 11) is 2.05. The maximum absolute atomic E-state index is 4.97. The van der Waals surface area contributed by atoms with Crippen LogP contribution in [0.25, 0.3) is 21.6 Å². The zero-order valence-corrected chi connectivity index (χ0v) is 16.6. The van der Waals surface area contributed by atoms with E-state index >= 15 is 0 Å². The monoisotopic (exact) mass is 390 g/mol. The predicted octanol–water partition coefficient (Wildman–Crippen LogP) is 3.41. The lowest BCUT2D eigenvalue weighted by Crippen LogP contribution is -2.46. The molecule has 4 aromatic rings. The number of nitrogens with zero attached hydrogens (tertiary/aromatic N) is 6. The number of aryl methyl sites for hydroxylation is 1. The molecule has 1 saturated heterocycles. The van der Waals surface area contributed by atoms with Crippen LogP contribution in [0, 0.1) is 0 Å². The summed E-state index contributed by atoms with van der Waals surface area (Å²) >= 11 is 1.68. The molecule has 0 amide bonds. The molecule has 7 heteroatoms. The molecule has 1 aromatic carbocycles. The second kappa shape index (κ2) is 7.33. The van der Waals surface area contributed by atoms with Crippen LogP contribution >= 0.6 is 11.3 Å². The highest BCUT2D eigenvalue weighted by atomic mass is 32.1. The minimum Gasteiger partial charge on any atom is -0.353 e. The molecule has 1 fully saturated rings. The highest BCUT2D eigenvalue weighted by molar-refractivity contribution is 7.13. The van der Waals surface area contributed by atoms with Crippen molar-refractivity contribution in [3.05, 3.63) is 60.0 Å². The first-order valence-corrected chi connectivity index (χ1v) is 10.4. The van der Waals surface area contributed by atoms with E-state index in [2.05, 4.69) is 62.1 Å². The van der Waals surface area contributed by atoms with Crippen LogP contribution in [-0.2, 0) is 13.6 Å². The van der Waals surface area contributed by atoms with Gasteiger partial charge in [0.05, 0.1) is 16.9 Å². The molecule has 0 aliphatic carbocycles. The third kappa shape index (κ3) is 3.27. The number of aromatic nitrogens is 4. The maximum atomic E-state index is 4.97. The second-order valence-corrected chi connectivity index (χ2v) is 8.03. The van der Waals surface area contributed by atoms with E-state index in [0.29, 0.717) is 0 Å². The molecule has 0 unspecified atom stereocenters. The third-order valence-electron chi connectivity index (χ3n) is 5.28. The van der Waals surface area contributed by atoms with Crippen LogP contribution in [0.2, 0.25) is 0 Å². The lowest BCUT2D eigenvalue weighted by atomic mass is 10.2. The summed E-state index contributed by atoms with van der Waals surface area (Å²) in [6.45, 7) is 4.80. The maximum Gasteiger partial charge on any atom is 0.172 e. The highest BCUT2D eigenvalue weighted by Crippen LogP contribution is 2.30. The predicted molar refractivity (Wildman–Crippen MR) is 114 cm³/mol. The Hall–Kier alpha value is -2.77. The lowest BCUT2D eigenvalue weighted by molar-refractivity contribution is 0.241. The molecule has 0 bridgehead atoms. The van der Waals surface area contributed by atoms with Gasteiger partial charge in [0.15, 0.2) is 5.82 Å². The van der Waals surface area contributed by atoms with Gasteiger partial charge in [0.2, 0.25) is 0 Å². The van der Waals surface area contributed by atoms with Crippen LogP contribution in [0.5, 0.6) is 0 Å². The first kappa shape index (κ1) is 17.3. The second-order valence-electron chi connectivity index (χ2n) is 7.08. The van der Waals surface area contributed by atoms with Gasteiger partial charge in [0.25, 0.3) is 0 Å². The van der Waals surface area contributed by atoms with Crippen LogP contribution in [0.15, 0.2) is 54.2 Å². The Morgan fingerprint density at radius 2 is 1.86 bits per heavy atom. The van der Waals surface area contributed by atoms with E-state index in [9.17, 15) is 0 Å². The largest absolute Gasteiger partial charge is 0.353 e. The molecular weight excluding hydrogens is 368 g/mol. The normalized spacial score (nSPS) is 15.4. The number of fused-ring (bicyclic) bond motifs is 1. The van der Waals surface area contributed by atoms with Gasteiger partial charge >= 0.3 is 0 Å². The fourth-order valence-corrected chi connectivity index (χ4v) is 4.34. The number of imidazole rings is 1. The molecule has 0 saturated carbocycles. The van der Waals surface area contributed by atoms with Crippen molar-refractivity contribution < 1.29 is 0 Å². The van der Waals surface area contributed by atoms with E-state index in [4.69, 9.17) is 9.97 Å². The Labute approximate surface area is 168 Å². The van der Waals surface area contributed by atoms with Gasteiger partial charge in [-0.2, -0.15) is 0 Å². The van der Waals surface area contributed by atoms with Gasteiger partial charge in [-0.05, 0) is 23.6 Å². The first-order valence-electron chi connectivity index (χ1n) is 9.52. The van der Waals surface area contributed by atoms with Crippen molar-refractivity contribution in [3.8, 4) is 10.7 Å². The highest BCUT2D eigenvalue weighted by Gasteiger charge is 2.22. The summed E-state index contributed by atoms with van der Waals surface area (Å²) in [6, 6.07) is 12.5. The smallest absolute Gasteiger partial charge is 0.172 e. The zero-order valence-electron chi connectivity index (χ0n) is 15.8. The van der Waals surface area contributed by atoms with Crippen molar-refractivity contribution in [3.63, 3.8) is 0 Å². The van der Waals surface area contributed by atoms with Crippen molar-refractivity contribution in [1.29, 1.82) is 0 Å². The Kier molecular flexibility index (Phi) is 4.54. The number of para-hydroxylation sites is 1. The number of anilines is 1.